The summed E-state index contributed by atoms with van der Waals surface area (Å²) in [5.41, 5.74) is 0.726. The molecule has 0 unspecified atom stereocenters. The first-order valence-corrected chi connectivity index (χ1v) is 4.82. The molecule has 0 saturated heterocycles. The molecule has 4 heteroatoms. The van der Waals surface area contributed by atoms with Crippen LogP contribution in [0, 0.1) is 0 Å². The zero-order valence-electron chi connectivity index (χ0n) is 7.92. The Balaban J connectivity index is 2.63. The van der Waals surface area contributed by atoms with E-state index in [-0.39, 0.29) is 5.91 Å². The minimum atomic E-state index is -0.0977. The van der Waals surface area contributed by atoms with Crippen molar-refractivity contribution in [3.63, 3.8) is 0 Å². The second kappa shape index (κ2) is 5.50. The van der Waals surface area contributed by atoms with E-state index in [0.29, 0.717) is 18.2 Å². The lowest BCUT2D eigenvalue weighted by Gasteiger charge is -2.06. The maximum atomic E-state index is 10.8. The van der Waals surface area contributed by atoms with Crippen LogP contribution in [0.5, 0.6) is 5.75 Å². The largest absolute Gasteiger partial charge is 0.492 e. The highest BCUT2D eigenvalue weighted by molar-refractivity contribution is 6.18. The standard InChI is InChI=1S/C10H12ClNO2/c1-8(13)12-9-3-2-4-10(7-9)14-6-5-11/h2-4,7H,5-6H2,1H3,(H,12,13). The Bertz CT molecular complexity index is 315. The van der Waals surface area contributed by atoms with Gasteiger partial charge in [0.1, 0.15) is 12.4 Å². The number of halogens is 1. The van der Waals surface area contributed by atoms with E-state index >= 15 is 0 Å². The van der Waals surface area contributed by atoms with Gasteiger partial charge in [0.25, 0.3) is 0 Å². The van der Waals surface area contributed by atoms with Gasteiger partial charge in [0.15, 0.2) is 0 Å². The number of benzene rings is 1. The van der Waals surface area contributed by atoms with Gasteiger partial charge in [0.2, 0.25) is 5.91 Å². The summed E-state index contributed by atoms with van der Waals surface area (Å²) in [6.45, 7) is 1.93. The van der Waals surface area contributed by atoms with Gasteiger partial charge >= 0.3 is 0 Å². The zero-order chi connectivity index (χ0) is 10.4. The highest BCUT2D eigenvalue weighted by Crippen LogP contribution is 2.17. The van der Waals surface area contributed by atoms with Gasteiger partial charge in [0.05, 0.1) is 5.88 Å². The molecule has 0 fully saturated rings. The van der Waals surface area contributed by atoms with Crippen LogP contribution in [0.4, 0.5) is 5.69 Å². The molecule has 76 valence electrons. The van der Waals surface area contributed by atoms with E-state index in [2.05, 4.69) is 5.32 Å². The van der Waals surface area contributed by atoms with Gasteiger partial charge < -0.3 is 10.1 Å². The van der Waals surface area contributed by atoms with E-state index in [4.69, 9.17) is 16.3 Å². The fourth-order valence-electron chi connectivity index (χ4n) is 1.02. The first kappa shape index (κ1) is 10.9. The van der Waals surface area contributed by atoms with Crippen LogP contribution >= 0.6 is 11.6 Å². The molecule has 0 spiro atoms. The van der Waals surface area contributed by atoms with Crippen LogP contribution in [-0.2, 0) is 4.79 Å². The molecule has 1 rings (SSSR count). The van der Waals surface area contributed by atoms with Crippen molar-refractivity contribution in [2.75, 3.05) is 17.8 Å². The summed E-state index contributed by atoms with van der Waals surface area (Å²) in [5.74, 6) is 1.06. The van der Waals surface area contributed by atoms with Gasteiger partial charge in [-0.15, -0.1) is 11.6 Å². The van der Waals surface area contributed by atoms with Crippen LogP contribution in [0.3, 0.4) is 0 Å². The van der Waals surface area contributed by atoms with Crippen LogP contribution in [0.1, 0.15) is 6.92 Å². The number of carbonyl (C=O) groups excluding carboxylic acids is 1. The molecule has 0 heterocycles. The second-order valence-corrected chi connectivity index (χ2v) is 3.12. The van der Waals surface area contributed by atoms with Gasteiger partial charge in [-0.1, -0.05) is 6.07 Å². The number of ether oxygens (including phenoxy) is 1. The lowest BCUT2D eigenvalue weighted by Crippen LogP contribution is -2.06. The number of carbonyl (C=O) groups is 1. The van der Waals surface area contributed by atoms with Gasteiger partial charge in [-0.2, -0.15) is 0 Å². The SMILES string of the molecule is CC(=O)Nc1cccc(OCCCl)c1. The summed E-state index contributed by atoms with van der Waals surface area (Å²) < 4.78 is 5.29. The Hall–Kier alpha value is -1.22. The Kier molecular flexibility index (Phi) is 4.26. The van der Waals surface area contributed by atoms with E-state index < -0.39 is 0 Å². The second-order valence-electron chi connectivity index (χ2n) is 2.75. The Morgan fingerprint density at radius 2 is 2.36 bits per heavy atom. The van der Waals surface area contributed by atoms with Crippen molar-refractivity contribution in [3.05, 3.63) is 24.3 Å². The molecule has 0 radical (unpaired) electrons. The zero-order valence-corrected chi connectivity index (χ0v) is 8.67. The molecule has 0 aliphatic carbocycles. The first-order chi connectivity index (χ1) is 6.72. The molecule has 1 aromatic rings. The minimum absolute atomic E-state index is 0.0977. The number of alkyl halides is 1. The fourth-order valence-corrected chi connectivity index (χ4v) is 1.10. The van der Waals surface area contributed by atoms with Crippen molar-refractivity contribution in [2.24, 2.45) is 0 Å². The highest BCUT2D eigenvalue weighted by atomic mass is 35.5. The third-order valence-electron chi connectivity index (χ3n) is 1.50. The topological polar surface area (TPSA) is 38.3 Å². The maximum absolute atomic E-state index is 10.8. The molecular formula is C10H12ClNO2. The molecule has 0 aliphatic rings. The minimum Gasteiger partial charge on any atom is -0.492 e. The quantitative estimate of drug-likeness (QED) is 0.780. The van der Waals surface area contributed by atoms with E-state index in [0.717, 1.165) is 5.69 Å². The predicted molar refractivity (Wildman–Crippen MR) is 57.0 cm³/mol. The molecule has 3 nitrogen and oxygen atoms in total. The number of anilines is 1. The smallest absolute Gasteiger partial charge is 0.221 e. The fraction of sp³-hybridized carbons (Fsp3) is 0.300. The average Bonchev–Trinajstić information content (AvgIpc) is 2.14. The van der Waals surface area contributed by atoms with E-state index in [1.165, 1.54) is 6.92 Å². The number of amides is 1. The lowest BCUT2D eigenvalue weighted by atomic mass is 10.3. The number of rotatable bonds is 4. The summed E-state index contributed by atoms with van der Waals surface area (Å²) in [6.07, 6.45) is 0. The molecule has 1 aromatic carbocycles. The van der Waals surface area contributed by atoms with Crippen molar-refractivity contribution in [3.8, 4) is 5.75 Å². The summed E-state index contributed by atoms with van der Waals surface area (Å²) in [5, 5.41) is 2.67. The van der Waals surface area contributed by atoms with E-state index in [1.807, 2.05) is 12.1 Å². The van der Waals surface area contributed by atoms with Crippen molar-refractivity contribution < 1.29 is 9.53 Å². The Morgan fingerprint density at radius 3 is 3.00 bits per heavy atom. The van der Waals surface area contributed by atoms with Crippen LogP contribution in [0.15, 0.2) is 24.3 Å². The normalized spacial score (nSPS) is 9.57. The van der Waals surface area contributed by atoms with Crippen LogP contribution < -0.4 is 10.1 Å². The molecule has 0 saturated carbocycles. The van der Waals surface area contributed by atoms with Gasteiger partial charge in [-0.25, -0.2) is 0 Å². The summed E-state index contributed by atoms with van der Waals surface area (Å²) >= 11 is 5.48. The lowest BCUT2D eigenvalue weighted by molar-refractivity contribution is -0.114. The Labute approximate surface area is 88.0 Å². The summed E-state index contributed by atoms with van der Waals surface area (Å²) in [7, 11) is 0. The predicted octanol–water partition coefficient (Wildman–Crippen LogP) is 2.26. The van der Waals surface area contributed by atoms with Gasteiger partial charge in [-0.05, 0) is 12.1 Å². The first-order valence-electron chi connectivity index (χ1n) is 4.29. The third kappa shape index (κ3) is 3.66. The molecule has 1 amide bonds. The molecule has 0 atom stereocenters. The highest BCUT2D eigenvalue weighted by Gasteiger charge is 1.97. The van der Waals surface area contributed by atoms with Crippen molar-refractivity contribution in [1.29, 1.82) is 0 Å². The molecule has 1 N–H and O–H groups in total. The number of hydrogen-bond acceptors (Lipinski definition) is 2. The Morgan fingerprint density at radius 1 is 1.57 bits per heavy atom. The monoisotopic (exact) mass is 213 g/mol. The molecule has 0 aliphatic heterocycles. The van der Waals surface area contributed by atoms with Gasteiger partial charge in [-0.3, -0.25) is 4.79 Å². The molecule has 0 aromatic heterocycles. The third-order valence-corrected chi connectivity index (χ3v) is 1.65. The van der Waals surface area contributed by atoms with E-state index in [1.54, 1.807) is 12.1 Å². The van der Waals surface area contributed by atoms with Crippen molar-refractivity contribution in [1.82, 2.24) is 0 Å². The van der Waals surface area contributed by atoms with Crippen LogP contribution in [-0.4, -0.2) is 18.4 Å². The van der Waals surface area contributed by atoms with Crippen molar-refractivity contribution >= 4 is 23.2 Å². The average molecular weight is 214 g/mol. The maximum Gasteiger partial charge on any atom is 0.221 e. The van der Waals surface area contributed by atoms with Crippen LogP contribution in [0.2, 0.25) is 0 Å². The summed E-state index contributed by atoms with van der Waals surface area (Å²) in [4.78, 5) is 10.8. The van der Waals surface area contributed by atoms with E-state index in [9.17, 15) is 4.79 Å². The molecular weight excluding hydrogens is 202 g/mol. The number of hydrogen-bond donors (Lipinski definition) is 1. The van der Waals surface area contributed by atoms with Gasteiger partial charge in [0, 0.05) is 18.7 Å². The molecule has 14 heavy (non-hydrogen) atoms. The van der Waals surface area contributed by atoms with Crippen molar-refractivity contribution in [2.45, 2.75) is 6.92 Å². The summed E-state index contributed by atoms with van der Waals surface area (Å²) in [6, 6.07) is 7.19. The molecule has 0 bridgehead atoms. The number of nitrogens with one attached hydrogen (secondary N) is 1. The van der Waals surface area contributed by atoms with Crippen LogP contribution in [0.25, 0.3) is 0 Å².